The summed E-state index contributed by atoms with van der Waals surface area (Å²) in [7, 11) is 0. The fourth-order valence-electron chi connectivity index (χ4n) is 3.17. The molecule has 2 atom stereocenters. The molecule has 0 radical (unpaired) electrons. The van der Waals surface area contributed by atoms with Crippen molar-refractivity contribution < 1.29 is 9.47 Å². The van der Waals surface area contributed by atoms with Crippen molar-refractivity contribution in [1.82, 2.24) is 9.55 Å². The van der Waals surface area contributed by atoms with Crippen LogP contribution in [-0.4, -0.2) is 28.8 Å². The highest BCUT2D eigenvalue weighted by molar-refractivity contribution is 6.30. The van der Waals surface area contributed by atoms with E-state index < -0.39 is 5.56 Å². The highest BCUT2D eigenvalue weighted by atomic mass is 35.5. The van der Waals surface area contributed by atoms with E-state index in [1.54, 1.807) is 6.20 Å². The van der Waals surface area contributed by atoms with Gasteiger partial charge in [-0.1, -0.05) is 48.9 Å². The van der Waals surface area contributed by atoms with Gasteiger partial charge in [-0.3, -0.25) is 4.79 Å². The molecule has 1 saturated heterocycles. The molecule has 6 nitrogen and oxygen atoms in total. The number of ether oxygens (including phenoxy) is 2. The van der Waals surface area contributed by atoms with Crippen molar-refractivity contribution in [1.29, 1.82) is 0 Å². The molecule has 140 valence electrons. The van der Waals surface area contributed by atoms with E-state index in [-0.39, 0.29) is 17.0 Å². The lowest BCUT2D eigenvalue weighted by Gasteiger charge is -2.30. The lowest BCUT2D eigenvalue weighted by molar-refractivity contribution is 0.0553. The Bertz CT molecular complexity index is 953. The van der Waals surface area contributed by atoms with E-state index in [1.165, 1.54) is 0 Å². The van der Waals surface area contributed by atoms with Crippen LogP contribution in [0.3, 0.4) is 0 Å². The maximum atomic E-state index is 12.0. The summed E-state index contributed by atoms with van der Waals surface area (Å²) in [5.41, 5.74) is 0.636. The maximum Gasteiger partial charge on any atom is 0.293 e. The van der Waals surface area contributed by atoms with E-state index in [9.17, 15) is 4.79 Å². The Morgan fingerprint density at radius 2 is 1.89 bits per heavy atom. The van der Waals surface area contributed by atoms with Crippen LogP contribution in [0.5, 0.6) is 0 Å². The van der Waals surface area contributed by atoms with Gasteiger partial charge < -0.3 is 19.4 Å². The Morgan fingerprint density at radius 1 is 1.19 bits per heavy atom. The molecule has 2 heterocycles. The van der Waals surface area contributed by atoms with Crippen LogP contribution in [0, 0.1) is 5.92 Å². The number of nitrogens with one attached hydrogen (secondary N) is 1. The number of hydrogen-bond donors (Lipinski definition) is 1. The van der Waals surface area contributed by atoms with Gasteiger partial charge in [0.25, 0.3) is 5.56 Å². The van der Waals surface area contributed by atoms with Gasteiger partial charge in [0.1, 0.15) is 18.2 Å². The zero-order valence-electron chi connectivity index (χ0n) is 14.9. The quantitative estimate of drug-likeness (QED) is 0.875. The first-order chi connectivity index (χ1) is 13.1. The van der Waals surface area contributed by atoms with E-state index >= 15 is 0 Å². The average Bonchev–Trinajstić information content (AvgIpc) is 2.67. The molecule has 1 aromatic heterocycles. The molecule has 0 amide bonds. The SMILES string of the molecule is CC1C=C2OCCOC2=CC1Nc1nc(=O)c(Cl)cn1Cc1ccccc1. The number of anilines is 1. The minimum absolute atomic E-state index is 0.0828. The Balaban J connectivity index is 1.63. The lowest BCUT2D eigenvalue weighted by atomic mass is 9.95. The van der Waals surface area contributed by atoms with E-state index in [4.69, 9.17) is 21.1 Å². The van der Waals surface area contributed by atoms with Gasteiger partial charge in [-0.15, -0.1) is 0 Å². The van der Waals surface area contributed by atoms with Crippen molar-refractivity contribution in [2.45, 2.75) is 19.5 Å². The maximum absolute atomic E-state index is 12.0. The third kappa shape index (κ3) is 3.85. The van der Waals surface area contributed by atoms with Gasteiger partial charge >= 0.3 is 0 Å². The van der Waals surface area contributed by atoms with E-state index in [2.05, 4.69) is 17.2 Å². The molecule has 1 aliphatic carbocycles. The number of hydrogen-bond acceptors (Lipinski definition) is 5. The molecule has 1 fully saturated rings. The molecule has 2 aliphatic rings. The first-order valence-electron chi connectivity index (χ1n) is 8.87. The van der Waals surface area contributed by atoms with Crippen molar-refractivity contribution in [3.8, 4) is 0 Å². The second-order valence-corrected chi connectivity index (χ2v) is 7.03. The smallest absolute Gasteiger partial charge is 0.293 e. The van der Waals surface area contributed by atoms with Gasteiger partial charge in [0.05, 0.1) is 12.6 Å². The highest BCUT2D eigenvalue weighted by Crippen LogP contribution is 2.29. The van der Waals surface area contributed by atoms with Crippen molar-refractivity contribution in [2.75, 3.05) is 18.5 Å². The standard InChI is InChI=1S/C20H20ClN3O3/c1-13-9-17-18(27-8-7-26-17)10-16(13)22-20-23-19(25)15(21)12-24(20)11-14-5-3-2-4-6-14/h2-6,9-10,12-13,16H,7-8,11H2,1H3,(H,22,23,25). The number of halogens is 1. The third-order valence-corrected chi connectivity index (χ3v) is 4.86. The highest BCUT2D eigenvalue weighted by Gasteiger charge is 2.27. The molecular formula is C20H20ClN3O3. The topological polar surface area (TPSA) is 65.4 Å². The van der Waals surface area contributed by atoms with Crippen LogP contribution < -0.4 is 10.9 Å². The molecule has 1 N–H and O–H groups in total. The largest absolute Gasteiger partial charge is 0.486 e. The second-order valence-electron chi connectivity index (χ2n) is 6.62. The van der Waals surface area contributed by atoms with Crippen LogP contribution in [-0.2, 0) is 16.0 Å². The number of aromatic nitrogens is 2. The van der Waals surface area contributed by atoms with Gasteiger partial charge in [-0.25, -0.2) is 0 Å². The number of nitrogens with zero attached hydrogens (tertiary/aromatic N) is 2. The minimum atomic E-state index is -0.451. The third-order valence-electron chi connectivity index (χ3n) is 4.60. The van der Waals surface area contributed by atoms with E-state index in [1.807, 2.05) is 47.1 Å². The van der Waals surface area contributed by atoms with E-state index in [0.717, 1.165) is 17.1 Å². The summed E-state index contributed by atoms with van der Waals surface area (Å²) in [5, 5.41) is 3.45. The molecule has 1 aliphatic heterocycles. The normalized spacial score (nSPS) is 21.3. The molecule has 0 bridgehead atoms. The Labute approximate surface area is 162 Å². The zero-order valence-corrected chi connectivity index (χ0v) is 15.6. The summed E-state index contributed by atoms with van der Waals surface area (Å²) in [4.78, 5) is 16.2. The summed E-state index contributed by atoms with van der Waals surface area (Å²) in [6, 6.07) is 9.86. The van der Waals surface area contributed by atoms with Crippen molar-refractivity contribution in [3.63, 3.8) is 0 Å². The van der Waals surface area contributed by atoms with Crippen LogP contribution in [0.15, 0.2) is 65.0 Å². The summed E-state index contributed by atoms with van der Waals surface area (Å²) in [6.45, 7) is 3.71. The first kappa shape index (κ1) is 17.7. The van der Waals surface area contributed by atoms with Crippen molar-refractivity contribution >= 4 is 17.5 Å². The van der Waals surface area contributed by atoms with Crippen molar-refractivity contribution in [3.05, 3.63) is 81.1 Å². The summed E-state index contributed by atoms with van der Waals surface area (Å²) < 4.78 is 13.2. The minimum Gasteiger partial charge on any atom is -0.486 e. The number of fused-ring (bicyclic) bond motifs is 1. The molecule has 0 saturated carbocycles. The zero-order chi connectivity index (χ0) is 18.8. The van der Waals surface area contributed by atoms with Gasteiger partial charge in [0.2, 0.25) is 5.95 Å². The second kappa shape index (κ2) is 7.48. The van der Waals surface area contributed by atoms with Crippen LogP contribution in [0.25, 0.3) is 0 Å². The molecule has 0 spiro atoms. The fraction of sp³-hybridized carbons (Fsp3) is 0.300. The van der Waals surface area contributed by atoms with E-state index in [0.29, 0.717) is 25.7 Å². The van der Waals surface area contributed by atoms with Gasteiger partial charge in [-0.2, -0.15) is 4.98 Å². The Kier molecular flexibility index (Phi) is 4.90. The summed E-state index contributed by atoms with van der Waals surface area (Å²) >= 11 is 6.03. The van der Waals surface area contributed by atoms with Crippen LogP contribution in [0.1, 0.15) is 12.5 Å². The Hall–Kier alpha value is -2.73. The fourth-order valence-corrected chi connectivity index (χ4v) is 3.33. The number of rotatable bonds is 4. The molecule has 2 unspecified atom stereocenters. The van der Waals surface area contributed by atoms with Gasteiger partial charge in [0, 0.05) is 12.1 Å². The molecule has 2 aromatic rings. The van der Waals surface area contributed by atoms with Crippen molar-refractivity contribution in [2.24, 2.45) is 5.92 Å². The lowest BCUT2D eigenvalue weighted by Crippen LogP contribution is -2.33. The average molecular weight is 386 g/mol. The number of benzene rings is 1. The van der Waals surface area contributed by atoms with Crippen LogP contribution in [0.4, 0.5) is 5.95 Å². The van der Waals surface area contributed by atoms with Gasteiger partial charge in [0.15, 0.2) is 11.5 Å². The van der Waals surface area contributed by atoms with Gasteiger partial charge in [-0.05, 0) is 17.7 Å². The predicted molar refractivity (Wildman–Crippen MR) is 104 cm³/mol. The summed E-state index contributed by atoms with van der Waals surface area (Å²) in [5.74, 6) is 2.11. The molecular weight excluding hydrogens is 366 g/mol. The van der Waals surface area contributed by atoms with Crippen LogP contribution in [0.2, 0.25) is 5.02 Å². The Morgan fingerprint density at radius 3 is 2.63 bits per heavy atom. The molecule has 7 heteroatoms. The summed E-state index contributed by atoms with van der Waals surface area (Å²) in [6.07, 6.45) is 5.63. The molecule has 4 rings (SSSR count). The molecule has 27 heavy (non-hydrogen) atoms. The van der Waals surface area contributed by atoms with Crippen LogP contribution >= 0.6 is 11.6 Å². The first-order valence-corrected chi connectivity index (χ1v) is 9.25. The predicted octanol–water partition coefficient (Wildman–Crippen LogP) is 3.19. The monoisotopic (exact) mass is 385 g/mol. The molecule has 1 aromatic carbocycles.